The van der Waals surface area contributed by atoms with Gasteiger partial charge in [0.05, 0.1) is 6.04 Å². The van der Waals surface area contributed by atoms with E-state index in [0.29, 0.717) is 6.42 Å². The monoisotopic (exact) mass is 315 g/mol. The molecule has 0 heterocycles. The van der Waals surface area contributed by atoms with Gasteiger partial charge in [-0.25, -0.2) is 0 Å². The van der Waals surface area contributed by atoms with Crippen molar-refractivity contribution in [3.05, 3.63) is 102 Å². The van der Waals surface area contributed by atoms with Gasteiger partial charge in [0.15, 0.2) is 5.78 Å². The molecule has 0 bridgehead atoms. The number of benzene rings is 3. The van der Waals surface area contributed by atoms with E-state index in [1.165, 1.54) is 5.56 Å². The Labute approximate surface area is 143 Å². The van der Waals surface area contributed by atoms with E-state index in [2.05, 4.69) is 36.5 Å². The van der Waals surface area contributed by atoms with E-state index in [9.17, 15) is 4.79 Å². The summed E-state index contributed by atoms with van der Waals surface area (Å²) < 4.78 is 0. The molecule has 2 nitrogen and oxygen atoms in total. The van der Waals surface area contributed by atoms with Gasteiger partial charge in [-0.15, -0.1) is 0 Å². The summed E-state index contributed by atoms with van der Waals surface area (Å²) in [5, 5.41) is 3.54. The number of nitrogens with one attached hydrogen (secondary N) is 1. The molecule has 0 aliphatic carbocycles. The van der Waals surface area contributed by atoms with Gasteiger partial charge in [0.25, 0.3) is 0 Å². The molecule has 0 fully saturated rings. The van der Waals surface area contributed by atoms with E-state index in [0.717, 1.165) is 16.8 Å². The second-order valence-electron chi connectivity index (χ2n) is 5.92. The highest BCUT2D eigenvalue weighted by Gasteiger charge is 2.17. The third kappa shape index (κ3) is 3.90. The molecule has 0 saturated heterocycles. The molecule has 0 aliphatic heterocycles. The highest BCUT2D eigenvalue weighted by molar-refractivity contribution is 5.96. The van der Waals surface area contributed by atoms with E-state index in [1.807, 2.05) is 60.7 Å². The fourth-order valence-electron chi connectivity index (χ4n) is 2.79. The number of ketones is 1. The predicted molar refractivity (Wildman–Crippen MR) is 99.4 cm³/mol. The second kappa shape index (κ2) is 7.60. The number of rotatable bonds is 6. The lowest BCUT2D eigenvalue weighted by Crippen LogP contribution is -2.16. The SMILES string of the molecule is Cc1ccccc1NC(CC(=O)c1ccccc1)c1ccccc1. The van der Waals surface area contributed by atoms with Crippen molar-refractivity contribution in [3.63, 3.8) is 0 Å². The lowest BCUT2D eigenvalue weighted by Gasteiger charge is -2.21. The van der Waals surface area contributed by atoms with Crippen molar-refractivity contribution in [2.75, 3.05) is 5.32 Å². The zero-order valence-electron chi connectivity index (χ0n) is 13.8. The molecule has 1 N–H and O–H groups in total. The number of hydrogen-bond donors (Lipinski definition) is 1. The number of Topliss-reactive ketones (excluding diaryl/α,β-unsaturated/α-hetero) is 1. The summed E-state index contributed by atoms with van der Waals surface area (Å²) in [5.74, 6) is 0.144. The lowest BCUT2D eigenvalue weighted by molar-refractivity contribution is 0.0976. The summed E-state index contributed by atoms with van der Waals surface area (Å²) in [4.78, 5) is 12.7. The molecule has 0 spiro atoms. The molecular weight excluding hydrogens is 294 g/mol. The topological polar surface area (TPSA) is 29.1 Å². The quantitative estimate of drug-likeness (QED) is 0.615. The van der Waals surface area contributed by atoms with Crippen LogP contribution in [-0.4, -0.2) is 5.78 Å². The Morgan fingerprint density at radius 1 is 0.833 bits per heavy atom. The zero-order chi connectivity index (χ0) is 16.8. The second-order valence-corrected chi connectivity index (χ2v) is 5.92. The smallest absolute Gasteiger partial charge is 0.165 e. The summed E-state index contributed by atoms with van der Waals surface area (Å²) in [6.45, 7) is 2.07. The van der Waals surface area contributed by atoms with Crippen LogP contribution in [0, 0.1) is 6.92 Å². The summed E-state index contributed by atoms with van der Waals surface area (Å²) in [5.41, 5.74) is 4.10. The minimum Gasteiger partial charge on any atom is -0.378 e. The standard InChI is InChI=1S/C22H21NO/c1-17-10-8-9-15-20(17)23-21(18-11-4-2-5-12-18)16-22(24)19-13-6-3-7-14-19/h2-15,21,23H,16H2,1H3. The highest BCUT2D eigenvalue weighted by atomic mass is 16.1. The molecule has 0 saturated carbocycles. The molecule has 3 aromatic carbocycles. The lowest BCUT2D eigenvalue weighted by atomic mass is 9.97. The maximum atomic E-state index is 12.7. The van der Waals surface area contributed by atoms with E-state index in [1.54, 1.807) is 0 Å². The molecule has 1 unspecified atom stereocenters. The van der Waals surface area contributed by atoms with Gasteiger partial charge >= 0.3 is 0 Å². The first kappa shape index (κ1) is 16.0. The molecule has 3 aromatic rings. The first-order valence-electron chi connectivity index (χ1n) is 8.19. The van der Waals surface area contributed by atoms with Crippen LogP contribution in [0.15, 0.2) is 84.9 Å². The number of carbonyl (C=O) groups is 1. The van der Waals surface area contributed by atoms with Crippen LogP contribution in [0.3, 0.4) is 0 Å². The summed E-state index contributed by atoms with van der Waals surface area (Å²) in [6.07, 6.45) is 0.419. The van der Waals surface area contributed by atoms with Gasteiger partial charge in [-0.3, -0.25) is 4.79 Å². The van der Waals surface area contributed by atoms with Gasteiger partial charge in [-0.05, 0) is 24.1 Å². The van der Waals surface area contributed by atoms with Crippen molar-refractivity contribution >= 4 is 11.5 Å². The molecule has 0 aliphatic rings. The van der Waals surface area contributed by atoms with Gasteiger partial charge in [-0.1, -0.05) is 78.9 Å². The van der Waals surface area contributed by atoms with Crippen LogP contribution in [0.2, 0.25) is 0 Å². The fraction of sp³-hybridized carbons (Fsp3) is 0.136. The molecule has 0 amide bonds. The Hall–Kier alpha value is -2.87. The van der Waals surface area contributed by atoms with Gasteiger partial charge < -0.3 is 5.32 Å². The average Bonchev–Trinajstić information content (AvgIpc) is 2.64. The molecule has 2 heteroatoms. The molecule has 1 atom stereocenters. The van der Waals surface area contributed by atoms with Crippen LogP contribution in [-0.2, 0) is 0 Å². The van der Waals surface area contributed by atoms with Gasteiger partial charge in [0, 0.05) is 17.7 Å². The number of hydrogen-bond acceptors (Lipinski definition) is 2. The van der Waals surface area contributed by atoms with E-state index in [4.69, 9.17) is 0 Å². The molecular formula is C22H21NO. The Morgan fingerprint density at radius 2 is 1.42 bits per heavy atom. The predicted octanol–water partition coefficient (Wildman–Crippen LogP) is 5.42. The Morgan fingerprint density at radius 3 is 2.08 bits per heavy atom. The fourth-order valence-corrected chi connectivity index (χ4v) is 2.79. The summed E-state index contributed by atoms with van der Waals surface area (Å²) in [7, 11) is 0. The van der Waals surface area contributed by atoms with Gasteiger partial charge in [0.2, 0.25) is 0 Å². The largest absolute Gasteiger partial charge is 0.378 e. The van der Waals surface area contributed by atoms with Crippen molar-refractivity contribution in [1.82, 2.24) is 0 Å². The van der Waals surface area contributed by atoms with Crippen molar-refractivity contribution in [2.45, 2.75) is 19.4 Å². The minimum absolute atomic E-state index is 0.0555. The number of para-hydroxylation sites is 1. The zero-order valence-corrected chi connectivity index (χ0v) is 13.8. The normalized spacial score (nSPS) is 11.7. The summed E-state index contributed by atoms with van der Waals surface area (Å²) in [6, 6.07) is 27.7. The Balaban J connectivity index is 1.86. The van der Waals surface area contributed by atoms with Crippen LogP contribution < -0.4 is 5.32 Å². The van der Waals surface area contributed by atoms with Crippen LogP contribution in [0.25, 0.3) is 0 Å². The minimum atomic E-state index is -0.0555. The van der Waals surface area contributed by atoms with Crippen LogP contribution in [0.1, 0.15) is 33.9 Å². The van der Waals surface area contributed by atoms with E-state index >= 15 is 0 Å². The van der Waals surface area contributed by atoms with Crippen molar-refractivity contribution < 1.29 is 4.79 Å². The Bertz CT molecular complexity index is 796. The molecule has 0 aromatic heterocycles. The first-order valence-corrected chi connectivity index (χ1v) is 8.19. The average molecular weight is 315 g/mol. The molecule has 0 radical (unpaired) electrons. The van der Waals surface area contributed by atoms with E-state index in [-0.39, 0.29) is 11.8 Å². The molecule has 120 valence electrons. The Kier molecular flexibility index (Phi) is 5.07. The van der Waals surface area contributed by atoms with Crippen LogP contribution in [0.5, 0.6) is 0 Å². The van der Waals surface area contributed by atoms with Crippen molar-refractivity contribution in [3.8, 4) is 0 Å². The number of anilines is 1. The first-order chi connectivity index (χ1) is 11.7. The third-order valence-corrected chi connectivity index (χ3v) is 4.16. The van der Waals surface area contributed by atoms with Gasteiger partial charge in [0.1, 0.15) is 0 Å². The van der Waals surface area contributed by atoms with Crippen molar-refractivity contribution in [2.24, 2.45) is 0 Å². The number of aryl methyl sites for hydroxylation is 1. The van der Waals surface area contributed by atoms with Crippen molar-refractivity contribution in [1.29, 1.82) is 0 Å². The maximum Gasteiger partial charge on any atom is 0.165 e. The van der Waals surface area contributed by atoms with Crippen LogP contribution >= 0.6 is 0 Å². The highest BCUT2D eigenvalue weighted by Crippen LogP contribution is 2.26. The summed E-state index contributed by atoms with van der Waals surface area (Å²) >= 11 is 0. The van der Waals surface area contributed by atoms with Crippen LogP contribution in [0.4, 0.5) is 5.69 Å². The van der Waals surface area contributed by atoms with Gasteiger partial charge in [-0.2, -0.15) is 0 Å². The van der Waals surface area contributed by atoms with E-state index < -0.39 is 0 Å². The molecule has 24 heavy (non-hydrogen) atoms. The molecule has 3 rings (SSSR count). The maximum absolute atomic E-state index is 12.7. The number of carbonyl (C=O) groups excluding carboxylic acids is 1. The third-order valence-electron chi connectivity index (χ3n) is 4.16.